The lowest BCUT2D eigenvalue weighted by molar-refractivity contribution is 0.0558. The minimum Gasteiger partial charge on any atom is -0.297 e. The molecule has 0 amide bonds. The molecule has 28 heavy (non-hydrogen) atoms. The van der Waals surface area contributed by atoms with Crippen LogP contribution in [0.2, 0.25) is 5.02 Å². The van der Waals surface area contributed by atoms with Crippen molar-refractivity contribution in [2.45, 2.75) is 26.1 Å². The molecule has 0 spiro atoms. The summed E-state index contributed by atoms with van der Waals surface area (Å²) in [5.41, 5.74) is 2.29. The number of hydrogen-bond acceptors (Lipinski definition) is 3. The number of imidazole rings is 1. The van der Waals surface area contributed by atoms with E-state index in [1.807, 2.05) is 31.2 Å². The van der Waals surface area contributed by atoms with Gasteiger partial charge in [0.15, 0.2) is 0 Å². The van der Waals surface area contributed by atoms with E-state index < -0.39 is 6.55 Å². The van der Waals surface area contributed by atoms with Crippen molar-refractivity contribution in [1.82, 2.24) is 19.4 Å². The van der Waals surface area contributed by atoms with Crippen molar-refractivity contribution in [3.63, 3.8) is 0 Å². The smallest absolute Gasteiger partial charge is 0.297 e. The van der Waals surface area contributed by atoms with Gasteiger partial charge in [-0.2, -0.15) is 8.78 Å². The van der Waals surface area contributed by atoms with Gasteiger partial charge in [-0.15, -0.1) is 0 Å². The molecule has 4 nitrogen and oxygen atoms in total. The maximum Gasteiger partial charge on any atom is 0.320 e. The summed E-state index contributed by atoms with van der Waals surface area (Å²) in [5, 5.41) is 0.746. The zero-order chi connectivity index (χ0) is 19.7. The Morgan fingerprint density at radius 3 is 2.50 bits per heavy atom. The molecule has 4 rings (SSSR count). The summed E-state index contributed by atoms with van der Waals surface area (Å²) in [5.74, 6) is 0.430. The maximum atomic E-state index is 13.7. The Morgan fingerprint density at radius 2 is 1.79 bits per heavy atom. The molecule has 148 valence electrons. The predicted molar refractivity (Wildman–Crippen MR) is 108 cm³/mol. The Labute approximate surface area is 168 Å². The van der Waals surface area contributed by atoms with Crippen LogP contribution in [0.4, 0.5) is 8.78 Å². The standard InChI is InChI=1S/C21H23ClF2N4/c1-15(20-25-18-7-2-3-8-19(18)28(20)21(23)24)27-11-9-26(10-12-27)14-16-5-4-6-17(22)13-16/h2-8,13,15,21H,9-12,14H2,1H3. The lowest BCUT2D eigenvalue weighted by Crippen LogP contribution is -2.47. The predicted octanol–water partition coefficient (Wildman–Crippen LogP) is 4.96. The maximum absolute atomic E-state index is 13.7. The van der Waals surface area contributed by atoms with Gasteiger partial charge >= 0.3 is 6.55 Å². The van der Waals surface area contributed by atoms with E-state index in [1.54, 1.807) is 18.2 Å². The summed E-state index contributed by atoms with van der Waals surface area (Å²) in [6, 6.07) is 14.8. The molecular formula is C21H23ClF2N4. The molecule has 0 bridgehead atoms. The summed E-state index contributed by atoms with van der Waals surface area (Å²) in [7, 11) is 0. The molecule has 1 atom stereocenters. The Balaban J connectivity index is 1.46. The van der Waals surface area contributed by atoms with E-state index in [2.05, 4.69) is 20.9 Å². The van der Waals surface area contributed by atoms with Crippen LogP contribution in [0.5, 0.6) is 0 Å². The minimum atomic E-state index is -2.60. The first-order valence-electron chi connectivity index (χ1n) is 9.49. The van der Waals surface area contributed by atoms with E-state index in [0.29, 0.717) is 16.9 Å². The van der Waals surface area contributed by atoms with Gasteiger partial charge in [-0.3, -0.25) is 14.4 Å². The second kappa shape index (κ2) is 8.15. The van der Waals surface area contributed by atoms with Crippen LogP contribution in [0.1, 0.15) is 30.9 Å². The SMILES string of the molecule is CC(c1nc2ccccc2n1C(F)F)N1CCN(Cc2cccc(Cl)c2)CC1. The van der Waals surface area contributed by atoms with Gasteiger partial charge in [-0.05, 0) is 36.8 Å². The van der Waals surface area contributed by atoms with E-state index in [9.17, 15) is 8.78 Å². The first-order chi connectivity index (χ1) is 13.5. The molecule has 1 aliphatic heterocycles. The normalized spacial score (nSPS) is 17.5. The number of para-hydroxylation sites is 2. The molecule has 1 saturated heterocycles. The van der Waals surface area contributed by atoms with Gasteiger partial charge in [0.05, 0.1) is 17.1 Å². The van der Waals surface area contributed by atoms with E-state index in [-0.39, 0.29) is 6.04 Å². The molecule has 1 fully saturated rings. The van der Waals surface area contributed by atoms with Crippen molar-refractivity contribution < 1.29 is 8.78 Å². The van der Waals surface area contributed by atoms with Gasteiger partial charge in [0.25, 0.3) is 0 Å². The first-order valence-corrected chi connectivity index (χ1v) is 9.86. The molecule has 0 N–H and O–H groups in total. The number of piperazine rings is 1. The number of benzene rings is 2. The summed E-state index contributed by atoms with van der Waals surface area (Å²) in [6.45, 7) is 3.60. The summed E-state index contributed by atoms with van der Waals surface area (Å²) < 4.78 is 28.5. The van der Waals surface area contributed by atoms with E-state index in [1.165, 1.54) is 5.56 Å². The third-order valence-electron chi connectivity index (χ3n) is 5.44. The fourth-order valence-electron chi connectivity index (χ4n) is 3.93. The van der Waals surface area contributed by atoms with Crippen molar-refractivity contribution in [1.29, 1.82) is 0 Å². The van der Waals surface area contributed by atoms with E-state index >= 15 is 0 Å². The number of hydrogen-bond donors (Lipinski definition) is 0. The third-order valence-corrected chi connectivity index (χ3v) is 5.68. The largest absolute Gasteiger partial charge is 0.320 e. The lowest BCUT2D eigenvalue weighted by atomic mass is 10.1. The highest BCUT2D eigenvalue weighted by atomic mass is 35.5. The van der Waals surface area contributed by atoms with Gasteiger partial charge in [0.1, 0.15) is 5.82 Å². The van der Waals surface area contributed by atoms with E-state index in [4.69, 9.17) is 11.6 Å². The fourth-order valence-corrected chi connectivity index (χ4v) is 4.14. The number of fused-ring (bicyclic) bond motifs is 1. The van der Waals surface area contributed by atoms with Crippen LogP contribution in [0.15, 0.2) is 48.5 Å². The Morgan fingerprint density at radius 1 is 1.04 bits per heavy atom. The van der Waals surface area contributed by atoms with Crippen LogP contribution in [-0.2, 0) is 6.54 Å². The second-order valence-electron chi connectivity index (χ2n) is 7.22. The Bertz CT molecular complexity index is 950. The molecule has 3 aromatic rings. The number of alkyl halides is 2. The highest BCUT2D eigenvalue weighted by Crippen LogP contribution is 2.30. The van der Waals surface area contributed by atoms with Gasteiger partial charge in [-0.1, -0.05) is 35.9 Å². The topological polar surface area (TPSA) is 24.3 Å². The summed E-state index contributed by atoms with van der Waals surface area (Å²) in [4.78, 5) is 9.12. The summed E-state index contributed by atoms with van der Waals surface area (Å²) in [6.07, 6.45) is 0. The average Bonchev–Trinajstić information content (AvgIpc) is 3.08. The van der Waals surface area contributed by atoms with Crippen molar-refractivity contribution in [2.75, 3.05) is 26.2 Å². The molecular weight excluding hydrogens is 382 g/mol. The molecule has 1 aromatic heterocycles. The van der Waals surface area contributed by atoms with Crippen molar-refractivity contribution in [3.8, 4) is 0 Å². The van der Waals surface area contributed by atoms with Gasteiger partial charge in [0, 0.05) is 37.7 Å². The minimum absolute atomic E-state index is 0.172. The quantitative estimate of drug-likeness (QED) is 0.600. The molecule has 0 aliphatic carbocycles. The average molecular weight is 405 g/mol. The molecule has 2 aromatic carbocycles. The number of aromatic nitrogens is 2. The summed E-state index contributed by atoms with van der Waals surface area (Å²) >= 11 is 6.07. The van der Waals surface area contributed by atoms with Gasteiger partial charge in [-0.25, -0.2) is 4.98 Å². The van der Waals surface area contributed by atoms with Crippen LogP contribution in [0.25, 0.3) is 11.0 Å². The van der Waals surface area contributed by atoms with Gasteiger partial charge in [0.2, 0.25) is 0 Å². The molecule has 1 aliphatic rings. The van der Waals surface area contributed by atoms with Crippen LogP contribution < -0.4 is 0 Å². The van der Waals surface area contributed by atoms with E-state index in [0.717, 1.165) is 42.3 Å². The Hall–Kier alpha value is -2.02. The molecule has 0 saturated carbocycles. The van der Waals surface area contributed by atoms with Crippen LogP contribution in [0, 0.1) is 0 Å². The third kappa shape index (κ3) is 3.90. The van der Waals surface area contributed by atoms with Crippen LogP contribution in [-0.4, -0.2) is 45.5 Å². The lowest BCUT2D eigenvalue weighted by Gasteiger charge is -2.37. The number of rotatable bonds is 5. The van der Waals surface area contributed by atoms with Gasteiger partial charge < -0.3 is 0 Å². The van der Waals surface area contributed by atoms with Crippen molar-refractivity contribution in [3.05, 3.63) is 64.9 Å². The zero-order valence-electron chi connectivity index (χ0n) is 15.7. The number of nitrogens with zero attached hydrogens (tertiary/aromatic N) is 4. The number of halogens is 3. The highest BCUT2D eigenvalue weighted by molar-refractivity contribution is 6.30. The second-order valence-corrected chi connectivity index (χ2v) is 7.66. The molecule has 1 unspecified atom stereocenters. The molecule has 7 heteroatoms. The van der Waals surface area contributed by atoms with Crippen LogP contribution >= 0.6 is 11.6 Å². The first kappa shape index (κ1) is 19.3. The van der Waals surface area contributed by atoms with Crippen LogP contribution in [0.3, 0.4) is 0 Å². The highest BCUT2D eigenvalue weighted by Gasteiger charge is 2.28. The monoisotopic (exact) mass is 404 g/mol. The van der Waals surface area contributed by atoms with Crippen molar-refractivity contribution in [2.24, 2.45) is 0 Å². The zero-order valence-corrected chi connectivity index (χ0v) is 16.5. The molecule has 0 radical (unpaired) electrons. The fraction of sp³-hybridized carbons (Fsp3) is 0.381. The Kier molecular flexibility index (Phi) is 5.62. The molecule has 2 heterocycles. The van der Waals surface area contributed by atoms with Crippen molar-refractivity contribution >= 4 is 22.6 Å².